The van der Waals surface area contributed by atoms with Gasteiger partial charge >= 0.3 is 6.08 Å². The maximum atomic E-state index is 13.5. The largest absolute Gasteiger partial charge is 0.588 e. The number of anilines is 1. The van der Waals surface area contributed by atoms with E-state index in [0.717, 1.165) is 27.8 Å². The zero-order chi connectivity index (χ0) is 21.3. The van der Waals surface area contributed by atoms with Crippen LogP contribution in [0.2, 0.25) is 5.02 Å². The minimum absolute atomic E-state index is 0.429. The van der Waals surface area contributed by atoms with Crippen LogP contribution in [0.15, 0.2) is 59.6 Å². The zero-order valence-corrected chi connectivity index (χ0v) is 17.9. The van der Waals surface area contributed by atoms with Gasteiger partial charge < -0.3 is 4.55 Å². The maximum absolute atomic E-state index is 13.5. The normalized spacial score (nSPS) is 12.2. The Bertz CT molecular complexity index is 1240. The van der Waals surface area contributed by atoms with Gasteiger partial charge in [-0.3, -0.25) is 0 Å². The standard InChI is InChI=1S/C22H18ClFN4OS/c1-3-14-10-15(11-16-12-25-22(24)27-21(14)16)17-8-9-20(26-13(17)2)28-30(29)19-7-5-4-6-18(19)23/h4-12H,3H2,1-2H3,(H,26,28). The third kappa shape index (κ3) is 4.09. The Labute approximate surface area is 181 Å². The Morgan fingerprint density at radius 1 is 1.13 bits per heavy atom. The van der Waals surface area contributed by atoms with Gasteiger partial charge in [-0.15, -0.1) is 0 Å². The van der Waals surface area contributed by atoms with Gasteiger partial charge in [0.1, 0.15) is 11.4 Å². The Morgan fingerprint density at radius 2 is 1.93 bits per heavy atom. The molecule has 30 heavy (non-hydrogen) atoms. The second-order valence-electron chi connectivity index (χ2n) is 6.70. The van der Waals surface area contributed by atoms with Crippen molar-refractivity contribution in [2.75, 3.05) is 4.72 Å². The second kappa shape index (κ2) is 8.55. The molecule has 1 N–H and O–H groups in total. The first-order chi connectivity index (χ1) is 14.5. The van der Waals surface area contributed by atoms with Gasteiger partial charge in [0, 0.05) is 22.8 Å². The van der Waals surface area contributed by atoms with Crippen molar-refractivity contribution >= 4 is 39.7 Å². The third-order valence-electron chi connectivity index (χ3n) is 4.74. The first-order valence-electron chi connectivity index (χ1n) is 9.32. The van der Waals surface area contributed by atoms with Gasteiger partial charge in [-0.2, -0.15) is 9.11 Å². The summed E-state index contributed by atoms with van der Waals surface area (Å²) in [7, 11) is 0. The lowest BCUT2D eigenvalue weighted by atomic mass is 9.98. The van der Waals surface area contributed by atoms with E-state index in [0.29, 0.717) is 27.7 Å². The molecule has 2 aromatic heterocycles. The van der Waals surface area contributed by atoms with Gasteiger partial charge in [-0.1, -0.05) is 30.7 Å². The molecule has 0 saturated carbocycles. The van der Waals surface area contributed by atoms with Crippen LogP contribution in [0.4, 0.5) is 10.2 Å². The van der Waals surface area contributed by atoms with Gasteiger partial charge in [0.05, 0.1) is 10.5 Å². The lowest BCUT2D eigenvalue weighted by Crippen LogP contribution is -2.14. The first-order valence-corrected chi connectivity index (χ1v) is 10.8. The number of aryl methyl sites for hydroxylation is 2. The lowest BCUT2D eigenvalue weighted by Gasteiger charge is -2.14. The van der Waals surface area contributed by atoms with Gasteiger partial charge in [0.15, 0.2) is 10.7 Å². The van der Waals surface area contributed by atoms with E-state index in [4.69, 9.17) is 11.6 Å². The summed E-state index contributed by atoms with van der Waals surface area (Å²) in [6.07, 6.45) is 1.47. The fourth-order valence-corrected chi connectivity index (χ4v) is 4.50. The molecule has 0 saturated heterocycles. The molecule has 2 heterocycles. The quantitative estimate of drug-likeness (QED) is 0.328. The smallest absolute Gasteiger partial charge is 0.309 e. The number of halogens is 2. The highest BCUT2D eigenvalue weighted by atomic mass is 35.5. The number of hydrogen-bond donors (Lipinski definition) is 1. The molecule has 4 rings (SSSR count). The van der Waals surface area contributed by atoms with Crippen LogP contribution < -0.4 is 4.72 Å². The molecule has 0 spiro atoms. The molecule has 0 aliphatic rings. The number of aromatic nitrogens is 3. The van der Waals surface area contributed by atoms with Gasteiger partial charge in [0.25, 0.3) is 0 Å². The molecule has 0 aliphatic heterocycles. The summed E-state index contributed by atoms with van der Waals surface area (Å²) < 4.78 is 28.9. The van der Waals surface area contributed by atoms with Crippen molar-refractivity contribution in [3.63, 3.8) is 0 Å². The van der Waals surface area contributed by atoms with E-state index in [1.165, 1.54) is 6.20 Å². The number of nitrogens with one attached hydrogen (secondary N) is 1. The van der Waals surface area contributed by atoms with Gasteiger partial charge in [-0.05, 0) is 60.9 Å². The molecule has 0 bridgehead atoms. The molecule has 8 heteroatoms. The highest BCUT2D eigenvalue weighted by Crippen LogP contribution is 2.30. The summed E-state index contributed by atoms with van der Waals surface area (Å²) in [4.78, 5) is 12.7. The Kier molecular flexibility index (Phi) is 5.85. The van der Waals surface area contributed by atoms with Crippen LogP contribution in [-0.2, 0) is 17.8 Å². The van der Waals surface area contributed by atoms with Crippen molar-refractivity contribution in [3.05, 3.63) is 77.1 Å². The molecule has 0 amide bonds. The van der Waals surface area contributed by atoms with Crippen molar-refractivity contribution in [2.45, 2.75) is 25.2 Å². The van der Waals surface area contributed by atoms with Crippen molar-refractivity contribution in [3.8, 4) is 11.1 Å². The molecule has 0 radical (unpaired) electrons. The van der Waals surface area contributed by atoms with E-state index in [-0.39, 0.29) is 0 Å². The lowest BCUT2D eigenvalue weighted by molar-refractivity contribution is 0.544. The highest BCUT2D eigenvalue weighted by molar-refractivity contribution is 7.92. The van der Waals surface area contributed by atoms with Gasteiger partial charge in [-0.25, -0.2) is 15.0 Å². The topological polar surface area (TPSA) is 73.8 Å². The predicted octanol–water partition coefficient (Wildman–Crippen LogP) is 5.49. The summed E-state index contributed by atoms with van der Waals surface area (Å²) in [6, 6.07) is 14.6. The summed E-state index contributed by atoms with van der Waals surface area (Å²) in [5.41, 5.74) is 4.18. The number of fused-ring (bicyclic) bond motifs is 1. The van der Waals surface area contributed by atoms with E-state index in [2.05, 4.69) is 19.7 Å². The van der Waals surface area contributed by atoms with Crippen molar-refractivity contribution in [1.29, 1.82) is 0 Å². The Morgan fingerprint density at radius 3 is 2.67 bits per heavy atom. The summed E-state index contributed by atoms with van der Waals surface area (Å²) in [5.74, 6) is 0.483. The molecule has 0 aliphatic carbocycles. The van der Waals surface area contributed by atoms with Crippen LogP contribution >= 0.6 is 11.6 Å². The Balaban J connectivity index is 1.67. The Hall–Kier alpha value is -2.74. The zero-order valence-electron chi connectivity index (χ0n) is 16.3. The molecule has 5 nitrogen and oxygen atoms in total. The fourth-order valence-electron chi connectivity index (χ4n) is 3.29. The van der Waals surface area contributed by atoms with Crippen molar-refractivity contribution in [2.24, 2.45) is 0 Å². The molecule has 4 aromatic rings. The molecule has 1 atom stereocenters. The number of hydrogen-bond acceptors (Lipinski definition) is 5. The van der Waals surface area contributed by atoms with Gasteiger partial charge in [0.2, 0.25) is 0 Å². The summed E-state index contributed by atoms with van der Waals surface area (Å²) in [6.45, 7) is 3.89. The molecule has 2 aromatic carbocycles. The molecule has 1 unspecified atom stereocenters. The van der Waals surface area contributed by atoms with Crippen LogP contribution in [0.5, 0.6) is 0 Å². The monoisotopic (exact) mass is 440 g/mol. The third-order valence-corrected chi connectivity index (χ3v) is 6.34. The van der Waals surface area contributed by atoms with E-state index in [1.807, 2.05) is 32.0 Å². The van der Waals surface area contributed by atoms with Crippen LogP contribution in [0.1, 0.15) is 18.2 Å². The summed E-state index contributed by atoms with van der Waals surface area (Å²) >= 11 is 4.59. The molecule has 152 valence electrons. The maximum Gasteiger partial charge on any atom is 0.309 e. The second-order valence-corrected chi connectivity index (χ2v) is 8.29. The van der Waals surface area contributed by atoms with E-state index in [9.17, 15) is 8.94 Å². The average molecular weight is 441 g/mol. The van der Waals surface area contributed by atoms with E-state index >= 15 is 0 Å². The number of rotatable bonds is 5. The van der Waals surface area contributed by atoms with Crippen molar-refractivity contribution in [1.82, 2.24) is 15.0 Å². The van der Waals surface area contributed by atoms with Crippen LogP contribution in [0.25, 0.3) is 22.0 Å². The highest BCUT2D eigenvalue weighted by Gasteiger charge is 2.17. The van der Waals surface area contributed by atoms with Crippen LogP contribution in [0, 0.1) is 13.0 Å². The van der Waals surface area contributed by atoms with Crippen LogP contribution in [0.3, 0.4) is 0 Å². The van der Waals surface area contributed by atoms with Crippen molar-refractivity contribution < 1.29 is 8.94 Å². The number of nitrogens with zero attached hydrogens (tertiary/aromatic N) is 3. The number of benzene rings is 2. The minimum atomic E-state index is -1.53. The van der Waals surface area contributed by atoms with E-state index < -0.39 is 17.4 Å². The SMILES string of the molecule is CCc1cc(-c2ccc(N[S+]([O-])c3ccccc3Cl)nc2C)cc2cnc(F)nc12. The van der Waals surface area contributed by atoms with Crippen LogP contribution in [-0.4, -0.2) is 19.5 Å². The first kappa shape index (κ1) is 20.5. The fraction of sp³-hybridized carbons (Fsp3) is 0.136. The van der Waals surface area contributed by atoms with E-state index in [1.54, 1.807) is 30.3 Å². The predicted molar refractivity (Wildman–Crippen MR) is 118 cm³/mol. The minimum Gasteiger partial charge on any atom is -0.588 e. The number of pyridine rings is 1. The molecule has 0 fully saturated rings. The molecular weight excluding hydrogens is 423 g/mol. The summed E-state index contributed by atoms with van der Waals surface area (Å²) in [5, 5.41) is 1.20. The average Bonchev–Trinajstić information content (AvgIpc) is 2.73. The molecular formula is C22H18ClFN4OS.